The summed E-state index contributed by atoms with van der Waals surface area (Å²) in [6.07, 6.45) is 11.4. The Bertz CT molecular complexity index is 2770. The molecule has 7 N–H and O–H groups in total. The molecule has 6 aromatic rings. The molecule has 5 atom stereocenters. The van der Waals surface area contributed by atoms with Crippen LogP contribution in [-0.2, 0) is 22.4 Å². The minimum atomic E-state index is -1.35. The average molecular weight is 803 g/mol. The number of hydrogen-bond donors (Lipinski definition) is 6. The quantitative estimate of drug-likeness (QED) is 0.0878. The van der Waals surface area contributed by atoms with Crippen LogP contribution in [0, 0.1) is 46.3 Å². The predicted molar refractivity (Wildman–Crippen MR) is 224 cm³/mol. The predicted octanol–water partition coefficient (Wildman–Crippen LogP) is 5.19. The number of rotatable bonds is 13. The van der Waals surface area contributed by atoms with Crippen LogP contribution in [0.15, 0.2) is 73.6 Å². The number of aliphatic hydroxyl groups is 2. The molecule has 0 aliphatic heterocycles. The minimum Gasteiger partial charge on any atom is -0.390 e. The van der Waals surface area contributed by atoms with E-state index in [1.54, 1.807) is 70.1 Å². The molecule has 2 aliphatic carbocycles. The maximum atomic E-state index is 12.8. The SMILES string of the molecule is CC(C)(O)Cc1ccncc1-c1cc2cc(NC(=O)[C@@H]3C[C@H]3C#N)ncc2c(NCC(C)(O)Cc2ccncc2-c2cc3cc(NC(=O)[C@H]4C[C@@H]4C#N)ncc3c(N)n2)n1. The molecular weight excluding hydrogens is 761 g/mol. The largest absolute Gasteiger partial charge is 0.390 e. The van der Waals surface area contributed by atoms with Crippen molar-refractivity contribution in [3.05, 3.63) is 84.7 Å². The zero-order valence-electron chi connectivity index (χ0n) is 33.1. The lowest BCUT2D eigenvalue weighted by Gasteiger charge is -2.26. The van der Waals surface area contributed by atoms with Gasteiger partial charge in [-0.15, -0.1) is 0 Å². The van der Waals surface area contributed by atoms with E-state index >= 15 is 0 Å². The Labute approximate surface area is 345 Å². The summed E-state index contributed by atoms with van der Waals surface area (Å²) < 4.78 is 0. The number of nitrogens with zero attached hydrogens (tertiary/aromatic N) is 8. The van der Waals surface area contributed by atoms with Gasteiger partial charge in [0.15, 0.2) is 0 Å². The molecule has 16 heteroatoms. The zero-order chi connectivity index (χ0) is 42.3. The van der Waals surface area contributed by atoms with Crippen molar-refractivity contribution < 1.29 is 19.8 Å². The molecule has 60 heavy (non-hydrogen) atoms. The van der Waals surface area contributed by atoms with Crippen LogP contribution in [0.1, 0.15) is 44.7 Å². The minimum absolute atomic E-state index is 0.0509. The molecular formula is C44H42N12O4. The summed E-state index contributed by atoms with van der Waals surface area (Å²) in [5, 5.41) is 52.6. The Morgan fingerprint density at radius 3 is 1.82 bits per heavy atom. The van der Waals surface area contributed by atoms with E-state index in [4.69, 9.17) is 16.0 Å². The topological polar surface area (TPSA) is 262 Å². The lowest BCUT2D eigenvalue weighted by molar-refractivity contribution is -0.118. The van der Waals surface area contributed by atoms with Gasteiger partial charge in [0.2, 0.25) is 11.8 Å². The third-order valence-corrected chi connectivity index (χ3v) is 10.8. The molecule has 1 unspecified atom stereocenters. The molecule has 0 radical (unpaired) electrons. The highest BCUT2D eigenvalue weighted by atomic mass is 16.3. The number of pyridine rings is 6. The number of nitrogen functional groups attached to an aromatic ring is 1. The second-order valence-corrected chi connectivity index (χ2v) is 16.5. The number of nitriles is 2. The molecule has 8 rings (SSSR count). The Hall–Kier alpha value is -7.14. The standard InChI is InChI=1S/C44H42N12O4/c1-43(2,59)14-23-4-6-48-18-31(23)36-11-26-13-38(56-42(58)30-9-28(30)17-46)51-21-34(26)40(54-36)52-22-44(3,60)15-24-5-7-49-19-32(24)35-10-25-12-37(50-20-33(25)39(47)53-35)55-41(57)29-8-27(29)16-45/h4-7,10-13,18-21,27-30,59-60H,8-9,14-15,22H2,1-3H3,(H2,47,53)(H,52,54)(H,50,55,57)(H,51,56,58)/t27-,28+,29+,30-,44?/m1/s1. The van der Waals surface area contributed by atoms with Gasteiger partial charge < -0.3 is 31.9 Å². The fourth-order valence-electron chi connectivity index (χ4n) is 7.39. The molecule has 0 bridgehead atoms. The molecule has 0 spiro atoms. The second kappa shape index (κ2) is 15.6. The molecule has 6 aromatic heterocycles. The highest BCUT2D eigenvalue weighted by Gasteiger charge is 2.44. The maximum absolute atomic E-state index is 12.8. The van der Waals surface area contributed by atoms with Crippen LogP contribution in [0.4, 0.5) is 23.3 Å². The highest BCUT2D eigenvalue weighted by molar-refractivity contribution is 6.00. The summed E-state index contributed by atoms with van der Waals surface area (Å²) in [5.74, 6) is -0.491. The van der Waals surface area contributed by atoms with Crippen molar-refractivity contribution in [2.75, 3.05) is 28.2 Å². The summed E-state index contributed by atoms with van der Waals surface area (Å²) in [6.45, 7) is 5.22. The summed E-state index contributed by atoms with van der Waals surface area (Å²) in [6, 6.07) is 15.1. The fourth-order valence-corrected chi connectivity index (χ4v) is 7.39. The molecule has 2 aliphatic rings. The Kier molecular flexibility index (Phi) is 10.3. The number of nitrogens with one attached hydrogen (secondary N) is 3. The first-order valence-electron chi connectivity index (χ1n) is 19.5. The van der Waals surface area contributed by atoms with E-state index < -0.39 is 11.2 Å². The first kappa shape index (κ1) is 39.7. The average Bonchev–Trinajstić information content (AvgIpc) is 4.15. The van der Waals surface area contributed by atoms with E-state index in [1.165, 1.54) is 0 Å². The fraction of sp³-hybridized carbons (Fsp3) is 0.318. The van der Waals surface area contributed by atoms with Crippen molar-refractivity contribution in [2.45, 2.75) is 57.7 Å². The van der Waals surface area contributed by atoms with Gasteiger partial charge in [-0.3, -0.25) is 19.6 Å². The summed E-state index contributed by atoms with van der Waals surface area (Å²) in [5.41, 5.74) is 8.06. The van der Waals surface area contributed by atoms with E-state index in [2.05, 4.69) is 53.0 Å². The van der Waals surface area contributed by atoms with E-state index in [-0.39, 0.29) is 54.3 Å². The molecule has 2 saturated carbocycles. The van der Waals surface area contributed by atoms with Gasteiger partial charge in [0, 0.05) is 78.5 Å². The zero-order valence-corrected chi connectivity index (χ0v) is 33.1. The van der Waals surface area contributed by atoms with Crippen LogP contribution in [0.2, 0.25) is 0 Å². The number of fused-ring (bicyclic) bond motifs is 2. The van der Waals surface area contributed by atoms with Crippen molar-refractivity contribution in [1.82, 2.24) is 29.9 Å². The number of amides is 2. The molecule has 16 nitrogen and oxygen atoms in total. The van der Waals surface area contributed by atoms with Gasteiger partial charge in [-0.1, -0.05) is 0 Å². The molecule has 2 fully saturated rings. The lowest BCUT2D eigenvalue weighted by atomic mass is 9.92. The summed E-state index contributed by atoms with van der Waals surface area (Å²) >= 11 is 0. The molecule has 0 aromatic carbocycles. The van der Waals surface area contributed by atoms with Crippen molar-refractivity contribution in [2.24, 2.45) is 23.7 Å². The first-order valence-corrected chi connectivity index (χ1v) is 19.5. The lowest BCUT2D eigenvalue weighted by Crippen LogP contribution is -2.36. The smallest absolute Gasteiger partial charge is 0.230 e. The van der Waals surface area contributed by atoms with Crippen LogP contribution in [0.5, 0.6) is 0 Å². The van der Waals surface area contributed by atoms with Crippen LogP contribution >= 0.6 is 0 Å². The molecule has 302 valence electrons. The number of nitrogens with two attached hydrogens (primary N) is 1. The van der Waals surface area contributed by atoms with Crippen LogP contribution in [-0.4, -0.2) is 69.7 Å². The number of carbonyl (C=O) groups excluding carboxylic acids is 2. The summed E-state index contributed by atoms with van der Waals surface area (Å²) in [4.78, 5) is 52.6. The third kappa shape index (κ3) is 8.66. The van der Waals surface area contributed by atoms with E-state index in [0.29, 0.717) is 80.8 Å². The number of anilines is 4. The molecule has 2 amide bonds. The number of hydrogen-bond acceptors (Lipinski definition) is 14. The molecule has 0 saturated heterocycles. The van der Waals surface area contributed by atoms with Gasteiger partial charge in [-0.25, -0.2) is 19.9 Å². The van der Waals surface area contributed by atoms with Gasteiger partial charge in [0.1, 0.15) is 23.3 Å². The molecule has 6 heterocycles. The maximum Gasteiger partial charge on any atom is 0.230 e. The first-order chi connectivity index (χ1) is 28.7. The van der Waals surface area contributed by atoms with Crippen molar-refractivity contribution in [3.8, 4) is 34.7 Å². The Morgan fingerprint density at radius 2 is 1.28 bits per heavy atom. The van der Waals surface area contributed by atoms with Crippen molar-refractivity contribution in [3.63, 3.8) is 0 Å². The van der Waals surface area contributed by atoms with Crippen molar-refractivity contribution in [1.29, 1.82) is 10.5 Å². The van der Waals surface area contributed by atoms with Gasteiger partial charge >= 0.3 is 0 Å². The van der Waals surface area contributed by atoms with Crippen LogP contribution in [0.25, 0.3) is 44.1 Å². The third-order valence-electron chi connectivity index (χ3n) is 10.8. The normalized spacial score (nSPS) is 19.1. The Morgan fingerprint density at radius 1 is 0.767 bits per heavy atom. The van der Waals surface area contributed by atoms with E-state index in [0.717, 1.165) is 11.1 Å². The van der Waals surface area contributed by atoms with Gasteiger partial charge in [0.05, 0.1) is 58.4 Å². The van der Waals surface area contributed by atoms with Gasteiger partial charge in [0.25, 0.3) is 0 Å². The van der Waals surface area contributed by atoms with Crippen LogP contribution in [0.3, 0.4) is 0 Å². The van der Waals surface area contributed by atoms with Gasteiger partial charge in [-0.05, 0) is 91.9 Å². The van der Waals surface area contributed by atoms with Crippen LogP contribution < -0.4 is 21.7 Å². The highest BCUT2D eigenvalue weighted by Crippen LogP contribution is 2.40. The van der Waals surface area contributed by atoms with E-state index in [9.17, 15) is 25.1 Å². The monoisotopic (exact) mass is 802 g/mol. The number of aromatic nitrogens is 6. The van der Waals surface area contributed by atoms with Gasteiger partial charge in [-0.2, -0.15) is 10.5 Å². The second-order valence-electron chi connectivity index (χ2n) is 16.5. The van der Waals surface area contributed by atoms with Crippen molar-refractivity contribution >= 4 is 56.6 Å². The van der Waals surface area contributed by atoms with E-state index in [1.807, 2.05) is 24.3 Å². The number of carbonyl (C=O) groups is 2. The Balaban J connectivity index is 1.07. The summed E-state index contributed by atoms with van der Waals surface area (Å²) in [7, 11) is 0.